The van der Waals surface area contributed by atoms with Crippen molar-refractivity contribution in [3.8, 4) is 5.75 Å². The number of aryl methyl sites for hydroxylation is 3. The van der Waals surface area contributed by atoms with E-state index in [4.69, 9.17) is 9.47 Å². The van der Waals surface area contributed by atoms with Crippen LogP contribution in [0.1, 0.15) is 73.7 Å². The first-order chi connectivity index (χ1) is 19.7. The van der Waals surface area contributed by atoms with Crippen LogP contribution in [0.2, 0.25) is 0 Å². The van der Waals surface area contributed by atoms with Crippen molar-refractivity contribution < 1.29 is 23.5 Å². The molecule has 0 amide bonds. The zero-order chi connectivity index (χ0) is 30.7. The summed E-state index contributed by atoms with van der Waals surface area (Å²) in [7, 11) is 0. The summed E-state index contributed by atoms with van der Waals surface area (Å²) in [6, 6.07) is 20.5. The number of nitrogens with zero attached hydrogens (tertiary/aromatic N) is 1. The van der Waals surface area contributed by atoms with E-state index in [1.165, 1.54) is 23.3 Å². The van der Waals surface area contributed by atoms with Gasteiger partial charge in [-0.25, -0.2) is 9.18 Å². The number of Topliss-reactive ketones (excluding diaryl/α,β-unsaturated/α-hetero) is 1. The minimum atomic E-state index is -1.13. The predicted octanol–water partition coefficient (Wildman–Crippen LogP) is 7.51. The van der Waals surface area contributed by atoms with E-state index in [0.717, 1.165) is 37.1 Å². The molecule has 4 rings (SSSR count). The molecule has 0 spiro atoms. The zero-order valence-corrected chi connectivity index (χ0v) is 26.0. The average Bonchev–Trinajstić information content (AvgIpc) is 3.31. The zero-order valence-electron chi connectivity index (χ0n) is 26.0. The van der Waals surface area contributed by atoms with E-state index in [-0.39, 0.29) is 23.4 Å². The molecule has 1 aliphatic heterocycles. The molecule has 0 N–H and O–H groups in total. The van der Waals surface area contributed by atoms with Crippen molar-refractivity contribution in [1.82, 2.24) is 4.90 Å². The molecule has 0 aromatic heterocycles. The van der Waals surface area contributed by atoms with E-state index in [1.54, 1.807) is 26.0 Å². The third kappa shape index (κ3) is 8.07. The molecule has 0 aliphatic carbocycles. The maximum Gasteiger partial charge on any atom is 0.350 e. The Balaban J connectivity index is 1.48. The Morgan fingerprint density at radius 2 is 1.50 bits per heavy atom. The van der Waals surface area contributed by atoms with E-state index >= 15 is 0 Å². The molecular formula is C36H44FNO4. The highest BCUT2D eigenvalue weighted by Crippen LogP contribution is 2.34. The monoisotopic (exact) mass is 573 g/mol. The van der Waals surface area contributed by atoms with E-state index in [1.807, 2.05) is 52.8 Å². The van der Waals surface area contributed by atoms with Crippen molar-refractivity contribution in [2.45, 2.75) is 79.1 Å². The number of esters is 1. The fourth-order valence-corrected chi connectivity index (χ4v) is 5.74. The Kier molecular flexibility index (Phi) is 9.56. The Labute approximate surface area is 250 Å². The molecule has 2 atom stereocenters. The first-order valence-electron chi connectivity index (χ1n) is 14.8. The number of halogens is 1. The van der Waals surface area contributed by atoms with E-state index in [2.05, 4.69) is 29.2 Å². The van der Waals surface area contributed by atoms with Crippen LogP contribution < -0.4 is 4.74 Å². The number of hydrogen-bond donors (Lipinski definition) is 0. The number of ketones is 1. The number of likely N-dealkylation sites (tertiary alicyclic amines) is 1. The van der Waals surface area contributed by atoms with Gasteiger partial charge in [-0.15, -0.1) is 0 Å². The third-order valence-electron chi connectivity index (χ3n) is 7.80. The van der Waals surface area contributed by atoms with Crippen LogP contribution in [0, 0.1) is 31.5 Å². The van der Waals surface area contributed by atoms with Crippen LogP contribution >= 0.6 is 0 Å². The Bertz CT molecular complexity index is 1370. The van der Waals surface area contributed by atoms with Gasteiger partial charge in [0.1, 0.15) is 17.2 Å². The molecule has 0 radical (unpaired) electrons. The molecule has 1 fully saturated rings. The summed E-state index contributed by atoms with van der Waals surface area (Å²) in [6.07, 6.45) is 1.67. The van der Waals surface area contributed by atoms with Crippen LogP contribution in [-0.2, 0) is 22.5 Å². The van der Waals surface area contributed by atoms with Gasteiger partial charge in [-0.05, 0) is 114 Å². The lowest BCUT2D eigenvalue weighted by molar-refractivity contribution is -0.171. The smallest absolute Gasteiger partial charge is 0.350 e. The van der Waals surface area contributed by atoms with Crippen molar-refractivity contribution in [2.75, 3.05) is 13.1 Å². The van der Waals surface area contributed by atoms with Gasteiger partial charge in [0.2, 0.25) is 0 Å². The first kappa shape index (κ1) is 31.4. The van der Waals surface area contributed by atoms with Crippen LogP contribution in [-0.4, -0.2) is 40.9 Å². The van der Waals surface area contributed by atoms with Crippen molar-refractivity contribution >= 4 is 11.8 Å². The van der Waals surface area contributed by atoms with E-state index in [9.17, 15) is 14.0 Å². The van der Waals surface area contributed by atoms with Gasteiger partial charge in [-0.3, -0.25) is 9.69 Å². The standard InChI is InChI=1S/C36H44FNO4/c1-24-19-27(20-25(2)33(24)41-36(6,7)34(40)42-35(3,4)5)13-14-29-22-38(21-26-11-9-8-10-12-26)23-31(29)32(39)28-15-17-30(37)18-16-28/h8-12,15-20,29,31H,13-14,21-23H2,1-7H3. The van der Waals surface area contributed by atoms with Crippen LogP contribution in [0.5, 0.6) is 5.75 Å². The van der Waals surface area contributed by atoms with Crippen LogP contribution in [0.15, 0.2) is 66.7 Å². The normalized spacial score (nSPS) is 17.7. The molecule has 42 heavy (non-hydrogen) atoms. The van der Waals surface area contributed by atoms with Crippen molar-refractivity contribution in [1.29, 1.82) is 0 Å². The lowest BCUT2D eigenvalue weighted by atomic mass is 9.84. The van der Waals surface area contributed by atoms with Crippen LogP contribution in [0.25, 0.3) is 0 Å². The number of benzene rings is 3. The fourth-order valence-electron chi connectivity index (χ4n) is 5.74. The summed E-state index contributed by atoms with van der Waals surface area (Å²) in [5, 5.41) is 0. The molecule has 3 aromatic rings. The summed E-state index contributed by atoms with van der Waals surface area (Å²) in [5.74, 6) is 0.0429. The van der Waals surface area contributed by atoms with Gasteiger partial charge in [0.05, 0.1) is 0 Å². The number of ether oxygens (including phenoxy) is 2. The second-order valence-corrected chi connectivity index (χ2v) is 13.1. The molecular weight excluding hydrogens is 529 g/mol. The second kappa shape index (κ2) is 12.8. The van der Waals surface area contributed by atoms with Gasteiger partial charge in [0.15, 0.2) is 11.4 Å². The summed E-state index contributed by atoms with van der Waals surface area (Å²) in [4.78, 5) is 28.7. The highest BCUT2D eigenvalue weighted by atomic mass is 19.1. The number of rotatable bonds is 10. The number of hydrogen-bond acceptors (Lipinski definition) is 5. The van der Waals surface area contributed by atoms with Crippen LogP contribution in [0.3, 0.4) is 0 Å². The van der Waals surface area contributed by atoms with Gasteiger partial charge in [-0.2, -0.15) is 0 Å². The van der Waals surface area contributed by atoms with Gasteiger partial charge < -0.3 is 9.47 Å². The number of carbonyl (C=O) groups is 2. The van der Waals surface area contributed by atoms with Crippen LogP contribution in [0.4, 0.5) is 4.39 Å². The van der Waals surface area contributed by atoms with Crippen molar-refractivity contribution in [2.24, 2.45) is 11.8 Å². The van der Waals surface area contributed by atoms with Gasteiger partial charge >= 0.3 is 5.97 Å². The summed E-state index contributed by atoms with van der Waals surface area (Å²) < 4.78 is 25.4. The maximum atomic E-state index is 13.6. The quantitative estimate of drug-likeness (QED) is 0.186. The molecule has 1 heterocycles. The van der Waals surface area contributed by atoms with Gasteiger partial charge in [0.25, 0.3) is 0 Å². The number of carbonyl (C=O) groups excluding carboxylic acids is 2. The molecule has 1 aliphatic rings. The van der Waals surface area contributed by atoms with E-state index in [0.29, 0.717) is 17.9 Å². The largest absolute Gasteiger partial charge is 0.476 e. The molecule has 3 aromatic carbocycles. The summed E-state index contributed by atoms with van der Waals surface area (Å²) in [6.45, 7) is 15.3. The third-order valence-corrected chi connectivity index (χ3v) is 7.80. The maximum absolute atomic E-state index is 13.6. The minimum Gasteiger partial charge on any atom is -0.476 e. The first-order valence-corrected chi connectivity index (χ1v) is 14.8. The summed E-state index contributed by atoms with van der Waals surface area (Å²) >= 11 is 0. The molecule has 0 bridgehead atoms. The molecule has 224 valence electrons. The summed E-state index contributed by atoms with van der Waals surface area (Å²) in [5.41, 5.74) is 3.14. The Morgan fingerprint density at radius 3 is 2.10 bits per heavy atom. The van der Waals surface area contributed by atoms with Gasteiger partial charge in [0, 0.05) is 31.1 Å². The lowest BCUT2D eigenvalue weighted by Crippen LogP contribution is -2.43. The average molecular weight is 574 g/mol. The molecule has 2 unspecified atom stereocenters. The van der Waals surface area contributed by atoms with Crippen molar-refractivity contribution in [3.05, 3.63) is 100 Å². The highest BCUT2D eigenvalue weighted by Gasteiger charge is 2.38. The topological polar surface area (TPSA) is 55.8 Å². The van der Waals surface area contributed by atoms with Crippen molar-refractivity contribution in [3.63, 3.8) is 0 Å². The predicted molar refractivity (Wildman–Crippen MR) is 164 cm³/mol. The molecule has 1 saturated heterocycles. The van der Waals surface area contributed by atoms with E-state index < -0.39 is 17.2 Å². The highest BCUT2D eigenvalue weighted by molar-refractivity contribution is 5.98. The minimum absolute atomic E-state index is 0.0797. The fraction of sp³-hybridized carbons (Fsp3) is 0.444. The Morgan fingerprint density at radius 1 is 0.881 bits per heavy atom. The SMILES string of the molecule is Cc1cc(CCC2CN(Cc3ccccc3)CC2C(=O)c2ccc(F)cc2)cc(C)c1OC(C)(C)C(=O)OC(C)(C)C. The second-order valence-electron chi connectivity index (χ2n) is 13.1. The molecule has 5 nitrogen and oxygen atoms in total. The van der Waals surface area contributed by atoms with Gasteiger partial charge in [-0.1, -0.05) is 42.5 Å². The Hall–Kier alpha value is -3.51. The molecule has 6 heteroatoms. The molecule has 0 saturated carbocycles. The lowest BCUT2D eigenvalue weighted by Gasteiger charge is -2.30.